The van der Waals surface area contributed by atoms with E-state index in [1.54, 1.807) is 22.9 Å². The van der Waals surface area contributed by atoms with Crippen molar-refractivity contribution in [3.63, 3.8) is 0 Å². The fourth-order valence-electron chi connectivity index (χ4n) is 2.90. The summed E-state index contributed by atoms with van der Waals surface area (Å²) >= 11 is 13.0. The van der Waals surface area contributed by atoms with E-state index in [9.17, 15) is 14.0 Å². The second kappa shape index (κ2) is 8.85. The zero-order valence-corrected chi connectivity index (χ0v) is 19.1. The van der Waals surface area contributed by atoms with Crippen LogP contribution in [0.25, 0.3) is 15.9 Å². The maximum atomic E-state index is 13.3. The number of nitrogens with one attached hydrogen (secondary N) is 1. The van der Waals surface area contributed by atoms with Crippen molar-refractivity contribution < 1.29 is 18.7 Å². The Labute approximate surface area is 195 Å². The van der Waals surface area contributed by atoms with Gasteiger partial charge in [0.15, 0.2) is 11.9 Å². The average Bonchev–Trinajstić information content (AvgIpc) is 3.31. The number of aromatic nitrogens is 3. The SMILES string of the molecule is Cc1nn(-c2ccc(F)cc2)c2sc(C(=O)OC(C)C(=O)Nc3ncc(Cl)cc3Cl)cc12. The summed E-state index contributed by atoms with van der Waals surface area (Å²) in [5.41, 5.74) is 1.36. The van der Waals surface area contributed by atoms with Crippen LogP contribution < -0.4 is 5.32 Å². The van der Waals surface area contributed by atoms with Gasteiger partial charge in [-0.05, 0) is 50.2 Å². The number of thiophene rings is 1. The van der Waals surface area contributed by atoms with Gasteiger partial charge in [-0.25, -0.2) is 18.9 Å². The van der Waals surface area contributed by atoms with Gasteiger partial charge in [-0.15, -0.1) is 11.3 Å². The average molecular weight is 493 g/mol. The molecule has 7 nitrogen and oxygen atoms in total. The molecule has 0 fully saturated rings. The summed E-state index contributed by atoms with van der Waals surface area (Å²) in [6, 6.07) is 8.97. The maximum absolute atomic E-state index is 13.3. The number of nitrogens with zero attached hydrogens (tertiary/aromatic N) is 3. The zero-order chi connectivity index (χ0) is 23.0. The van der Waals surface area contributed by atoms with Gasteiger partial charge in [0.25, 0.3) is 5.91 Å². The van der Waals surface area contributed by atoms with Crippen LogP contribution in [0.15, 0.2) is 42.6 Å². The molecule has 0 aliphatic rings. The molecule has 0 saturated heterocycles. The standard InChI is InChI=1S/C21H15Cl2FN4O3S/c1-10-15-8-17(32-20(15)28(27-10)14-5-3-13(24)4-6-14)21(30)31-11(2)19(29)26-18-16(23)7-12(22)9-25-18/h3-9,11H,1-2H3,(H,25,26,29). The topological polar surface area (TPSA) is 86.1 Å². The molecule has 0 spiro atoms. The number of halogens is 3. The van der Waals surface area contributed by atoms with Crippen LogP contribution in [0.1, 0.15) is 22.3 Å². The van der Waals surface area contributed by atoms with Crippen molar-refractivity contribution in [2.75, 3.05) is 5.32 Å². The van der Waals surface area contributed by atoms with E-state index < -0.39 is 18.0 Å². The van der Waals surface area contributed by atoms with Crippen LogP contribution in [0.2, 0.25) is 10.0 Å². The number of aryl methyl sites for hydroxylation is 1. The van der Waals surface area contributed by atoms with E-state index in [1.807, 2.05) is 6.92 Å². The van der Waals surface area contributed by atoms with E-state index in [-0.39, 0.29) is 16.7 Å². The lowest BCUT2D eigenvalue weighted by Crippen LogP contribution is -2.30. The second-order valence-electron chi connectivity index (χ2n) is 6.82. The van der Waals surface area contributed by atoms with E-state index in [1.165, 1.54) is 42.7 Å². The van der Waals surface area contributed by atoms with Crippen LogP contribution in [-0.2, 0) is 9.53 Å². The van der Waals surface area contributed by atoms with E-state index in [2.05, 4.69) is 15.4 Å². The summed E-state index contributed by atoms with van der Waals surface area (Å²) in [5.74, 6) is -1.49. The molecule has 3 heterocycles. The van der Waals surface area contributed by atoms with Crippen molar-refractivity contribution in [1.29, 1.82) is 0 Å². The number of pyridine rings is 1. The van der Waals surface area contributed by atoms with Gasteiger partial charge in [0.05, 0.1) is 21.4 Å². The Morgan fingerprint density at radius 2 is 1.94 bits per heavy atom. The van der Waals surface area contributed by atoms with Gasteiger partial charge < -0.3 is 10.1 Å². The summed E-state index contributed by atoms with van der Waals surface area (Å²) in [6.07, 6.45) is 0.236. The Kier molecular flexibility index (Phi) is 6.14. The summed E-state index contributed by atoms with van der Waals surface area (Å²) in [6.45, 7) is 3.25. The predicted octanol–water partition coefficient (Wildman–Crippen LogP) is 5.42. The van der Waals surface area contributed by atoms with Crippen molar-refractivity contribution >= 4 is 62.4 Å². The van der Waals surface area contributed by atoms with E-state index in [0.29, 0.717) is 26.1 Å². The maximum Gasteiger partial charge on any atom is 0.349 e. The van der Waals surface area contributed by atoms with Gasteiger partial charge in [0.1, 0.15) is 15.5 Å². The first-order valence-electron chi connectivity index (χ1n) is 9.31. The third-order valence-electron chi connectivity index (χ3n) is 4.52. The minimum Gasteiger partial charge on any atom is -0.448 e. The molecule has 0 aliphatic carbocycles. The van der Waals surface area contributed by atoms with Gasteiger partial charge in [-0.1, -0.05) is 23.2 Å². The van der Waals surface area contributed by atoms with Crippen molar-refractivity contribution in [3.8, 4) is 5.69 Å². The number of esters is 1. The fourth-order valence-corrected chi connectivity index (χ4v) is 4.40. The Hall–Kier alpha value is -3.01. The highest BCUT2D eigenvalue weighted by molar-refractivity contribution is 7.20. The lowest BCUT2D eigenvalue weighted by atomic mass is 10.3. The monoisotopic (exact) mass is 492 g/mol. The third-order valence-corrected chi connectivity index (χ3v) is 6.10. The number of amides is 1. The summed E-state index contributed by atoms with van der Waals surface area (Å²) in [4.78, 5) is 30.0. The molecule has 32 heavy (non-hydrogen) atoms. The van der Waals surface area contributed by atoms with Crippen LogP contribution in [0.5, 0.6) is 0 Å². The Bertz CT molecular complexity index is 1340. The molecule has 0 saturated carbocycles. The smallest absolute Gasteiger partial charge is 0.349 e. The van der Waals surface area contributed by atoms with Crippen molar-refractivity contribution in [2.24, 2.45) is 0 Å². The molecule has 164 valence electrons. The highest BCUT2D eigenvalue weighted by Crippen LogP contribution is 2.31. The van der Waals surface area contributed by atoms with Gasteiger partial charge in [0.2, 0.25) is 0 Å². The lowest BCUT2D eigenvalue weighted by Gasteiger charge is -2.13. The number of benzene rings is 1. The number of hydrogen-bond donors (Lipinski definition) is 1. The number of fused-ring (bicyclic) bond motifs is 1. The Morgan fingerprint density at radius 1 is 1.22 bits per heavy atom. The largest absolute Gasteiger partial charge is 0.448 e. The molecular formula is C21H15Cl2FN4O3S. The van der Waals surface area contributed by atoms with Crippen molar-refractivity contribution in [3.05, 3.63) is 69.0 Å². The molecule has 0 aliphatic heterocycles. The van der Waals surface area contributed by atoms with Crippen LogP contribution in [0, 0.1) is 12.7 Å². The normalized spacial score (nSPS) is 12.0. The summed E-state index contributed by atoms with van der Waals surface area (Å²) in [7, 11) is 0. The molecule has 1 atom stereocenters. The minimum absolute atomic E-state index is 0.112. The molecule has 4 aromatic rings. The molecule has 1 amide bonds. The van der Waals surface area contributed by atoms with Gasteiger partial charge in [-0.3, -0.25) is 4.79 Å². The van der Waals surface area contributed by atoms with Gasteiger partial charge in [0, 0.05) is 11.6 Å². The first-order chi connectivity index (χ1) is 15.2. The van der Waals surface area contributed by atoms with Crippen LogP contribution >= 0.6 is 34.5 Å². The molecule has 4 rings (SSSR count). The van der Waals surface area contributed by atoms with Crippen molar-refractivity contribution in [1.82, 2.24) is 14.8 Å². The second-order valence-corrected chi connectivity index (χ2v) is 8.70. The molecule has 1 N–H and O–H groups in total. The fraction of sp³-hybridized carbons (Fsp3) is 0.143. The highest BCUT2D eigenvalue weighted by Gasteiger charge is 2.23. The highest BCUT2D eigenvalue weighted by atomic mass is 35.5. The Morgan fingerprint density at radius 3 is 2.62 bits per heavy atom. The van der Waals surface area contributed by atoms with E-state index in [4.69, 9.17) is 27.9 Å². The summed E-state index contributed by atoms with van der Waals surface area (Å²) in [5, 5.41) is 8.21. The third kappa shape index (κ3) is 4.45. The van der Waals surface area contributed by atoms with Gasteiger partial charge in [-0.2, -0.15) is 5.10 Å². The first-order valence-corrected chi connectivity index (χ1v) is 10.9. The number of rotatable bonds is 5. The van der Waals surface area contributed by atoms with Crippen LogP contribution in [-0.4, -0.2) is 32.7 Å². The Balaban J connectivity index is 1.51. The van der Waals surface area contributed by atoms with E-state index in [0.717, 1.165) is 5.39 Å². The molecule has 1 unspecified atom stereocenters. The number of ether oxygens (including phenoxy) is 1. The summed E-state index contributed by atoms with van der Waals surface area (Å²) < 4.78 is 20.2. The molecule has 3 aromatic heterocycles. The quantitative estimate of drug-likeness (QED) is 0.376. The van der Waals surface area contributed by atoms with Crippen LogP contribution in [0.4, 0.5) is 10.2 Å². The number of anilines is 1. The first kappa shape index (κ1) is 22.2. The lowest BCUT2D eigenvalue weighted by molar-refractivity contribution is -0.123. The minimum atomic E-state index is -1.10. The number of carbonyl (C=O) groups is 2. The van der Waals surface area contributed by atoms with Crippen molar-refractivity contribution in [2.45, 2.75) is 20.0 Å². The zero-order valence-electron chi connectivity index (χ0n) is 16.7. The number of carbonyl (C=O) groups excluding carboxylic acids is 2. The molecule has 1 aromatic carbocycles. The van der Waals surface area contributed by atoms with Gasteiger partial charge >= 0.3 is 5.97 Å². The van der Waals surface area contributed by atoms with E-state index >= 15 is 0 Å². The predicted molar refractivity (Wildman–Crippen MR) is 121 cm³/mol. The molecular weight excluding hydrogens is 478 g/mol. The molecule has 11 heteroatoms. The molecule has 0 radical (unpaired) electrons. The van der Waals surface area contributed by atoms with Crippen LogP contribution in [0.3, 0.4) is 0 Å². The molecule has 0 bridgehead atoms. The number of hydrogen-bond acceptors (Lipinski definition) is 6.